The van der Waals surface area contributed by atoms with E-state index in [1.807, 2.05) is 48.5 Å². The third kappa shape index (κ3) is 4.93. The lowest BCUT2D eigenvalue weighted by Gasteiger charge is -2.45. The van der Waals surface area contributed by atoms with E-state index in [9.17, 15) is 0 Å². The van der Waals surface area contributed by atoms with E-state index in [4.69, 9.17) is 15.6 Å². The second-order valence-corrected chi connectivity index (χ2v) is 11.5. The van der Waals surface area contributed by atoms with Crippen LogP contribution in [0.15, 0.2) is 54.9 Å². The molecule has 3 N–H and O–H groups in total. The molecule has 0 bridgehead atoms. The van der Waals surface area contributed by atoms with Crippen LogP contribution in [0, 0.1) is 6.92 Å². The molecule has 2 aromatic heterocycles. The molecule has 0 saturated carbocycles. The van der Waals surface area contributed by atoms with Crippen LogP contribution in [-0.2, 0) is 0 Å². The SMILES string of the molecule is Cc1ccc(Oc2ccc(-c3nn(C4CCN(C5CCN(C6CNC6)CC5)CC4)c4ncnc(N)c34)cc2)cc1. The highest BCUT2D eigenvalue weighted by atomic mass is 16.5. The molecule has 208 valence electrons. The van der Waals surface area contributed by atoms with Gasteiger partial charge in [-0.05, 0) is 69.0 Å². The number of nitrogens with one attached hydrogen (secondary N) is 1. The standard InChI is InChI=1S/C31H38N8O/c1-21-2-6-26(7-3-21)40-27-8-4-22(5-9-27)29-28-30(32)34-20-35-31(28)39(36-29)24-12-16-37(17-13-24)23-10-14-38(15-11-23)25-18-33-19-25/h2-9,20,23-25,33H,10-19H2,1H3,(H2,32,34,35). The topological polar surface area (TPSA) is 97.4 Å². The number of aromatic nitrogens is 4. The number of ether oxygens (including phenoxy) is 1. The summed E-state index contributed by atoms with van der Waals surface area (Å²) in [5, 5.41) is 9.35. The van der Waals surface area contributed by atoms with Crippen LogP contribution >= 0.6 is 0 Å². The lowest BCUT2D eigenvalue weighted by Crippen LogP contribution is -2.60. The van der Waals surface area contributed by atoms with Gasteiger partial charge in [-0.2, -0.15) is 5.10 Å². The Hall–Kier alpha value is -3.53. The lowest BCUT2D eigenvalue weighted by molar-refractivity contribution is 0.0495. The molecule has 3 saturated heterocycles. The smallest absolute Gasteiger partial charge is 0.164 e. The van der Waals surface area contributed by atoms with Gasteiger partial charge in [0.2, 0.25) is 0 Å². The summed E-state index contributed by atoms with van der Waals surface area (Å²) in [5.41, 5.74) is 10.2. The first-order chi connectivity index (χ1) is 19.6. The zero-order valence-electron chi connectivity index (χ0n) is 23.2. The van der Waals surface area contributed by atoms with Gasteiger partial charge in [-0.15, -0.1) is 0 Å². The summed E-state index contributed by atoms with van der Waals surface area (Å²) in [7, 11) is 0. The summed E-state index contributed by atoms with van der Waals surface area (Å²) in [5.74, 6) is 2.07. The summed E-state index contributed by atoms with van der Waals surface area (Å²) in [4.78, 5) is 14.4. The highest BCUT2D eigenvalue weighted by Gasteiger charge is 2.33. The van der Waals surface area contributed by atoms with Crippen molar-refractivity contribution in [3.63, 3.8) is 0 Å². The molecule has 0 atom stereocenters. The number of rotatable bonds is 6. The predicted octanol–water partition coefficient (Wildman–Crippen LogP) is 4.25. The van der Waals surface area contributed by atoms with Gasteiger partial charge in [-0.25, -0.2) is 14.6 Å². The van der Waals surface area contributed by atoms with Crippen LogP contribution in [0.1, 0.15) is 37.3 Å². The monoisotopic (exact) mass is 538 g/mol. The van der Waals surface area contributed by atoms with Gasteiger partial charge in [-0.1, -0.05) is 17.7 Å². The van der Waals surface area contributed by atoms with Crippen molar-refractivity contribution < 1.29 is 4.74 Å². The average molecular weight is 539 g/mol. The number of nitrogen functional groups attached to an aromatic ring is 1. The van der Waals surface area contributed by atoms with Gasteiger partial charge >= 0.3 is 0 Å². The van der Waals surface area contributed by atoms with Gasteiger partial charge in [0.25, 0.3) is 0 Å². The summed E-state index contributed by atoms with van der Waals surface area (Å²) in [6, 6.07) is 17.9. The molecule has 0 amide bonds. The van der Waals surface area contributed by atoms with E-state index in [1.54, 1.807) is 6.33 Å². The molecule has 9 heteroatoms. The second kappa shape index (κ2) is 10.8. The molecule has 7 rings (SSSR count). The fourth-order valence-corrected chi connectivity index (χ4v) is 6.52. The molecule has 0 spiro atoms. The number of hydrogen-bond donors (Lipinski definition) is 2. The average Bonchev–Trinajstić information content (AvgIpc) is 3.35. The zero-order valence-corrected chi connectivity index (χ0v) is 23.2. The van der Waals surface area contributed by atoms with Gasteiger partial charge < -0.3 is 20.7 Å². The number of benzene rings is 2. The summed E-state index contributed by atoms with van der Waals surface area (Å²) >= 11 is 0. The first-order valence-electron chi connectivity index (χ1n) is 14.6. The number of aryl methyl sites for hydroxylation is 1. The maximum atomic E-state index is 6.40. The fourth-order valence-electron chi connectivity index (χ4n) is 6.52. The van der Waals surface area contributed by atoms with Gasteiger partial charge in [0.15, 0.2) is 5.65 Å². The Balaban J connectivity index is 1.06. The maximum Gasteiger partial charge on any atom is 0.164 e. The molecule has 3 aliphatic rings. The van der Waals surface area contributed by atoms with Crippen LogP contribution in [0.2, 0.25) is 0 Å². The van der Waals surface area contributed by atoms with E-state index < -0.39 is 0 Å². The largest absolute Gasteiger partial charge is 0.457 e. The second-order valence-electron chi connectivity index (χ2n) is 11.5. The van der Waals surface area contributed by atoms with E-state index in [-0.39, 0.29) is 0 Å². The number of likely N-dealkylation sites (tertiary alicyclic amines) is 2. The fraction of sp³-hybridized carbons (Fsp3) is 0.452. The minimum absolute atomic E-state index is 0.298. The van der Waals surface area contributed by atoms with Crippen molar-refractivity contribution in [3.8, 4) is 22.8 Å². The van der Waals surface area contributed by atoms with Crippen molar-refractivity contribution >= 4 is 16.9 Å². The highest BCUT2D eigenvalue weighted by Crippen LogP contribution is 2.36. The first kappa shape index (κ1) is 25.4. The Morgan fingerprint density at radius 3 is 2.00 bits per heavy atom. The van der Waals surface area contributed by atoms with Crippen molar-refractivity contribution in [1.29, 1.82) is 0 Å². The Labute approximate surface area is 235 Å². The maximum absolute atomic E-state index is 6.40. The van der Waals surface area contributed by atoms with Crippen molar-refractivity contribution in [2.45, 2.75) is 50.7 Å². The summed E-state index contributed by atoms with van der Waals surface area (Å²) < 4.78 is 8.15. The minimum atomic E-state index is 0.298. The highest BCUT2D eigenvalue weighted by molar-refractivity contribution is 5.98. The van der Waals surface area contributed by atoms with Crippen molar-refractivity contribution in [3.05, 3.63) is 60.4 Å². The molecule has 0 aliphatic carbocycles. The van der Waals surface area contributed by atoms with Gasteiger partial charge in [0.1, 0.15) is 29.3 Å². The van der Waals surface area contributed by atoms with Gasteiger partial charge in [0.05, 0.1) is 11.4 Å². The third-order valence-corrected chi connectivity index (χ3v) is 9.04. The predicted molar refractivity (Wildman–Crippen MR) is 158 cm³/mol. The molecule has 9 nitrogen and oxygen atoms in total. The number of piperidine rings is 2. The van der Waals surface area contributed by atoms with E-state index in [0.29, 0.717) is 17.9 Å². The van der Waals surface area contributed by atoms with E-state index in [2.05, 4.69) is 36.7 Å². The third-order valence-electron chi connectivity index (χ3n) is 9.04. The zero-order chi connectivity index (χ0) is 27.1. The lowest BCUT2D eigenvalue weighted by atomic mass is 9.96. The van der Waals surface area contributed by atoms with Crippen molar-refractivity contribution in [2.75, 3.05) is 45.0 Å². The molecular formula is C31H38N8O. The molecule has 3 aliphatic heterocycles. The molecule has 3 fully saturated rings. The number of hydrogen-bond acceptors (Lipinski definition) is 8. The molecule has 0 radical (unpaired) electrons. The molecule has 4 aromatic rings. The number of fused-ring (bicyclic) bond motifs is 1. The Morgan fingerprint density at radius 1 is 0.775 bits per heavy atom. The minimum Gasteiger partial charge on any atom is -0.457 e. The molecule has 40 heavy (non-hydrogen) atoms. The van der Waals surface area contributed by atoms with Gasteiger partial charge in [-0.3, -0.25) is 4.90 Å². The summed E-state index contributed by atoms with van der Waals surface area (Å²) in [6.07, 6.45) is 6.25. The quantitative estimate of drug-likeness (QED) is 0.376. The van der Waals surface area contributed by atoms with Gasteiger partial charge in [0, 0.05) is 56.9 Å². The summed E-state index contributed by atoms with van der Waals surface area (Å²) in [6.45, 7) is 9.05. The molecule has 5 heterocycles. The van der Waals surface area contributed by atoms with Crippen LogP contribution in [0.25, 0.3) is 22.3 Å². The Morgan fingerprint density at radius 2 is 1.38 bits per heavy atom. The number of nitrogens with zero attached hydrogens (tertiary/aromatic N) is 6. The molecule has 0 unspecified atom stereocenters. The van der Waals surface area contributed by atoms with Crippen LogP contribution in [0.5, 0.6) is 11.5 Å². The molecular weight excluding hydrogens is 500 g/mol. The number of anilines is 1. The Kier molecular flexibility index (Phi) is 6.87. The number of nitrogens with two attached hydrogens (primary N) is 1. The van der Waals surface area contributed by atoms with Crippen LogP contribution in [0.4, 0.5) is 5.82 Å². The van der Waals surface area contributed by atoms with Crippen LogP contribution < -0.4 is 15.8 Å². The van der Waals surface area contributed by atoms with E-state index >= 15 is 0 Å². The van der Waals surface area contributed by atoms with E-state index in [0.717, 1.165) is 78.9 Å². The first-order valence-corrected chi connectivity index (χ1v) is 14.6. The van der Waals surface area contributed by atoms with E-state index in [1.165, 1.54) is 31.5 Å². The van der Waals surface area contributed by atoms with Crippen LogP contribution in [0.3, 0.4) is 0 Å². The Bertz CT molecular complexity index is 1450. The van der Waals surface area contributed by atoms with Crippen molar-refractivity contribution in [1.82, 2.24) is 34.9 Å². The van der Waals surface area contributed by atoms with Crippen molar-refractivity contribution in [2.24, 2.45) is 0 Å². The van der Waals surface area contributed by atoms with Crippen LogP contribution in [-0.4, -0.2) is 80.9 Å². The normalized spacial score (nSPS) is 20.1. The molecule has 2 aromatic carbocycles.